The molecule has 3 rings (SSSR count). The number of hydrogen-bond acceptors (Lipinski definition) is 2. The fourth-order valence-corrected chi connectivity index (χ4v) is 3.57. The normalized spacial score (nSPS) is 25.2. The molecule has 2 aliphatic heterocycles. The number of amides is 2. The van der Waals surface area contributed by atoms with Gasteiger partial charge in [0.2, 0.25) is 5.91 Å². The average Bonchev–Trinajstić information content (AvgIpc) is 2.49. The van der Waals surface area contributed by atoms with Gasteiger partial charge in [-0.05, 0) is 46.8 Å². The van der Waals surface area contributed by atoms with Crippen molar-refractivity contribution in [3.8, 4) is 0 Å². The van der Waals surface area contributed by atoms with E-state index < -0.39 is 5.82 Å². The van der Waals surface area contributed by atoms with Gasteiger partial charge < -0.3 is 10.2 Å². The molecule has 4 nitrogen and oxygen atoms in total. The van der Waals surface area contributed by atoms with Gasteiger partial charge in [0.15, 0.2) is 0 Å². The van der Waals surface area contributed by atoms with E-state index in [2.05, 4.69) is 21.2 Å². The highest BCUT2D eigenvalue weighted by Crippen LogP contribution is 2.28. The lowest BCUT2D eigenvalue weighted by molar-refractivity contribution is -0.125. The van der Waals surface area contributed by atoms with Gasteiger partial charge in [0.05, 0.1) is 10.0 Å². The van der Waals surface area contributed by atoms with E-state index in [4.69, 9.17) is 0 Å². The summed E-state index contributed by atoms with van der Waals surface area (Å²) in [5.74, 6) is -0.186. The maximum Gasteiger partial charge on any atom is 0.255 e. The molecule has 2 atom stereocenters. The Labute approximate surface area is 130 Å². The number of nitrogens with one attached hydrogen (secondary N) is 1. The molecule has 0 saturated carbocycles. The van der Waals surface area contributed by atoms with Gasteiger partial charge in [-0.15, -0.1) is 0 Å². The van der Waals surface area contributed by atoms with Crippen molar-refractivity contribution in [2.75, 3.05) is 13.1 Å². The van der Waals surface area contributed by atoms with Crippen LogP contribution in [0.5, 0.6) is 0 Å². The summed E-state index contributed by atoms with van der Waals surface area (Å²) in [6.07, 6.45) is 2.09. The summed E-state index contributed by atoms with van der Waals surface area (Å²) in [6, 6.07) is 4.67. The number of likely N-dealkylation sites (tertiary alicyclic amines) is 1. The first-order valence-electron chi connectivity index (χ1n) is 7.09. The summed E-state index contributed by atoms with van der Waals surface area (Å²) in [6.45, 7) is 1.20. The summed E-state index contributed by atoms with van der Waals surface area (Å²) in [5, 5.41) is 2.99. The second-order valence-corrected chi connectivity index (χ2v) is 6.41. The van der Waals surface area contributed by atoms with E-state index in [0.29, 0.717) is 31.0 Å². The topological polar surface area (TPSA) is 49.4 Å². The quantitative estimate of drug-likeness (QED) is 0.841. The number of halogens is 2. The molecule has 0 radical (unpaired) electrons. The lowest BCUT2D eigenvalue weighted by Crippen LogP contribution is -2.55. The first kappa shape index (κ1) is 14.5. The van der Waals surface area contributed by atoms with Crippen molar-refractivity contribution in [2.45, 2.75) is 25.3 Å². The second kappa shape index (κ2) is 5.75. The Morgan fingerprint density at radius 2 is 2.19 bits per heavy atom. The molecule has 1 aromatic carbocycles. The molecular formula is C15H16BrFN2O2. The van der Waals surface area contributed by atoms with Crippen LogP contribution in [-0.2, 0) is 4.79 Å². The summed E-state index contributed by atoms with van der Waals surface area (Å²) >= 11 is 3.14. The van der Waals surface area contributed by atoms with Gasteiger partial charge >= 0.3 is 0 Å². The van der Waals surface area contributed by atoms with E-state index >= 15 is 0 Å². The summed E-state index contributed by atoms with van der Waals surface area (Å²) in [5.41, 5.74) is 0.355. The molecule has 0 spiro atoms. The van der Waals surface area contributed by atoms with Crippen LogP contribution in [0.3, 0.4) is 0 Å². The number of benzene rings is 1. The van der Waals surface area contributed by atoms with E-state index in [0.717, 1.165) is 12.8 Å². The largest absolute Gasteiger partial charge is 0.353 e. The summed E-state index contributed by atoms with van der Waals surface area (Å²) < 4.78 is 13.8. The highest BCUT2D eigenvalue weighted by Gasteiger charge is 2.35. The first-order chi connectivity index (χ1) is 10.1. The fraction of sp³-hybridized carbons (Fsp3) is 0.467. The average molecular weight is 355 g/mol. The highest BCUT2D eigenvalue weighted by atomic mass is 79.9. The number of piperidine rings is 2. The van der Waals surface area contributed by atoms with Crippen molar-refractivity contribution in [1.29, 1.82) is 0 Å². The molecule has 1 N–H and O–H groups in total. The minimum atomic E-state index is -0.430. The van der Waals surface area contributed by atoms with E-state index in [1.807, 2.05) is 0 Å². The molecule has 112 valence electrons. The number of nitrogens with zero attached hydrogens (tertiary/aromatic N) is 1. The van der Waals surface area contributed by atoms with Crippen LogP contribution in [0, 0.1) is 11.7 Å². The van der Waals surface area contributed by atoms with E-state index in [9.17, 15) is 14.0 Å². The van der Waals surface area contributed by atoms with Gasteiger partial charge in [0, 0.05) is 25.6 Å². The van der Waals surface area contributed by atoms with E-state index in [1.54, 1.807) is 17.0 Å². The van der Waals surface area contributed by atoms with Crippen LogP contribution in [-0.4, -0.2) is 35.8 Å². The van der Waals surface area contributed by atoms with Crippen molar-refractivity contribution < 1.29 is 14.0 Å². The number of carbonyl (C=O) groups excluding carboxylic acids is 2. The summed E-state index contributed by atoms with van der Waals surface area (Å²) in [7, 11) is 0. The lowest BCUT2D eigenvalue weighted by Gasteiger charge is -2.41. The molecule has 0 aromatic heterocycles. The van der Waals surface area contributed by atoms with Gasteiger partial charge in [-0.2, -0.15) is 0 Å². The number of carbonyl (C=O) groups is 2. The van der Waals surface area contributed by atoms with Gasteiger partial charge in [0.25, 0.3) is 5.91 Å². The van der Waals surface area contributed by atoms with Crippen LogP contribution < -0.4 is 5.32 Å². The molecule has 2 fully saturated rings. The van der Waals surface area contributed by atoms with Crippen LogP contribution >= 0.6 is 15.9 Å². The first-order valence-corrected chi connectivity index (χ1v) is 7.88. The number of hydrogen-bond donors (Lipinski definition) is 1. The lowest BCUT2D eigenvalue weighted by atomic mass is 9.85. The third kappa shape index (κ3) is 2.81. The molecule has 6 heteroatoms. The maximum atomic E-state index is 13.6. The van der Waals surface area contributed by atoms with Crippen molar-refractivity contribution >= 4 is 27.7 Å². The van der Waals surface area contributed by atoms with Crippen LogP contribution in [0.25, 0.3) is 0 Å². The van der Waals surface area contributed by atoms with Crippen LogP contribution in [0.15, 0.2) is 22.7 Å². The van der Waals surface area contributed by atoms with Crippen molar-refractivity contribution in [1.82, 2.24) is 10.2 Å². The second-order valence-electron chi connectivity index (χ2n) is 5.61. The van der Waals surface area contributed by atoms with Crippen molar-refractivity contribution in [3.05, 3.63) is 34.1 Å². The van der Waals surface area contributed by atoms with Crippen molar-refractivity contribution in [2.24, 2.45) is 5.92 Å². The molecule has 2 aliphatic rings. The van der Waals surface area contributed by atoms with Crippen molar-refractivity contribution in [3.63, 3.8) is 0 Å². The molecular weight excluding hydrogens is 339 g/mol. The number of fused-ring (bicyclic) bond motifs is 1. The Morgan fingerprint density at radius 3 is 3.00 bits per heavy atom. The SMILES string of the molecule is O=C1CCC2CN(C(=O)c3cccc(F)c3Br)CCC2N1. The molecule has 1 aromatic rings. The Balaban J connectivity index is 1.75. The Bertz CT molecular complexity index is 593. The zero-order valence-electron chi connectivity index (χ0n) is 11.4. The standard InChI is InChI=1S/C15H16BrFN2O2/c16-14-10(2-1-3-11(14)17)15(21)19-7-6-12-9(8-19)4-5-13(20)18-12/h1-3,9,12H,4-8H2,(H,18,20). The molecule has 2 heterocycles. The molecule has 21 heavy (non-hydrogen) atoms. The molecule has 2 amide bonds. The minimum absolute atomic E-state index is 0.101. The van der Waals surface area contributed by atoms with E-state index in [1.165, 1.54) is 6.07 Å². The van der Waals surface area contributed by atoms with Gasteiger partial charge in [-0.1, -0.05) is 6.07 Å². The van der Waals surface area contributed by atoms with Gasteiger partial charge in [-0.3, -0.25) is 9.59 Å². The van der Waals surface area contributed by atoms with Gasteiger partial charge in [0.1, 0.15) is 5.82 Å². The molecule has 2 unspecified atom stereocenters. The third-order valence-electron chi connectivity index (χ3n) is 4.29. The minimum Gasteiger partial charge on any atom is -0.353 e. The molecule has 2 saturated heterocycles. The summed E-state index contributed by atoms with van der Waals surface area (Å²) in [4.78, 5) is 25.7. The van der Waals surface area contributed by atoms with E-state index in [-0.39, 0.29) is 22.3 Å². The Kier molecular flexibility index (Phi) is 3.97. The third-order valence-corrected chi connectivity index (χ3v) is 5.10. The van der Waals surface area contributed by atoms with Crippen LogP contribution in [0.2, 0.25) is 0 Å². The smallest absolute Gasteiger partial charge is 0.255 e. The zero-order valence-corrected chi connectivity index (χ0v) is 13.0. The fourth-order valence-electron chi connectivity index (χ4n) is 3.13. The van der Waals surface area contributed by atoms with Crippen LogP contribution in [0.4, 0.5) is 4.39 Å². The predicted molar refractivity (Wildman–Crippen MR) is 79.3 cm³/mol. The van der Waals surface area contributed by atoms with Gasteiger partial charge in [-0.25, -0.2) is 4.39 Å². The monoisotopic (exact) mass is 354 g/mol. The van der Waals surface area contributed by atoms with Crippen LogP contribution in [0.1, 0.15) is 29.6 Å². The number of rotatable bonds is 1. The zero-order chi connectivity index (χ0) is 15.0. The predicted octanol–water partition coefficient (Wildman–Crippen LogP) is 2.33. The molecule has 0 aliphatic carbocycles. The Morgan fingerprint density at radius 1 is 1.38 bits per heavy atom. The highest BCUT2D eigenvalue weighted by molar-refractivity contribution is 9.10. The molecule has 0 bridgehead atoms. The maximum absolute atomic E-state index is 13.6. The Hall–Kier alpha value is -1.43.